The quantitative estimate of drug-likeness (QED) is 0.686. The van der Waals surface area contributed by atoms with Crippen LogP contribution in [0.1, 0.15) is 32.3 Å². The van der Waals surface area contributed by atoms with Crippen LogP contribution in [-0.2, 0) is 6.42 Å². The summed E-state index contributed by atoms with van der Waals surface area (Å²) in [7, 11) is 0. The van der Waals surface area contributed by atoms with E-state index in [9.17, 15) is 0 Å². The molecule has 1 aromatic rings. The molecule has 0 heterocycles. The highest BCUT2D eigenvalue weighted by molar-refractivity contribution is 6.42. The first kappa shape index (κ1) is 11.9. The van der Waals surface area contributed by atoms with Gasteiger partial charge >= 0.3 is 0 Å². The lowest BCUT2D eigenvalue weighted by atomic mass is 9.97. The van der Waals surface area contributed by atoms with Crippen molar-refractivity contribution in [2.24, 2.45) is 5.92 Å². The fourth-order valence-electron chi connectivity index (χ4n) is 1.68. The normalized spacial score (nSPS) is 12.9. The van der Waals surface area contributed by atoms with Crippen molar-refractivity contribution in [1.29, 1.82) is 0 Å². The molecule has 0 fully saturated rings. The molecule has 0 unspecified atom stereocenters. The van der Waals surface area contributed by atoms with E-state index in [1.54, 1.807) is 0 Å². The van der Waals surface area contributed by atoms with Crippen LogP contribution in [-0.4, -0.2) is 0 Å². The minimum atomic E-state index is 0.660. The maximum Gasteiger partial charge on any atom is 0.0624 e. The summed E-state index contributed by atoms with van der Waals surface area (Å²) in [5.41, 5.74) is 1.17. The molecule has 78 valence electrons. The summed E-state index contributed by atoms with van der Waals surface area (Å²) in [4.78, 5) is 0. The van der Waals surface area contributed by atoms with E-state index < -0.39 is 0 Å². The van der Waals surface area contributed by atoms with Gasteiger partial charge in [0, 0.05) is 0 Å². The summed E-state index contributed by atoms with van der Waals surface area (Å²) in [5, 5.41) is 1.38. The second kappa shape index (κ2) is 5.63. The van der Waals surface area contributed by atoms with Crippen LogP contribution in [0.3, 0.4) is 0 Å². The Balaban J connectivity index is 2.71. The van der Waals surface area contributed by atoms with E-state index >= 15 is 0 Å². The summed E-state index contributed by atoms with van der Waals surface area (Å²) < 4.78 is 0. The topological polar surface area (TPSA) is 0 Å². The second-order valence-corrected chi connectivity index (χ2v) is 4.60. The molecule has 0 aliphatic heterocycles. The summed E-state index contributed by atoms with van der Waals surface area (Å²) >= 11 is 12.0. The highest BCUT2D eigenvalue weighted by Gasteiger charge is 2.08. The number of rotatable bonds is 4. The third-order valence-corrected chi connectivity index (χ3v) is 3.24. The van der Waals surface area contributed by atoms with Gasteiger partial charge in [-0.3, -0.25) is 0 Å². The van der Waals surface area contributed by atoms with E-state index in [0.29, 0.717) is 10.9 Å². The van der Waals surface area contributed by atoms with Gasteiger partial charge in [0.05, 0.1) is 10.0 Å². The molecule has 0 aliphatic carbocycles. The Hall–Kier alpha value is -0.200. The minimum absolute atomic E-state index is 0.660. The predicted molar refractivity (Wildman–Crippen MR) is 64.2 cm³/mol. The van der Waals surface area contributed by atoms with Crippen molar-refractivity contribution in [3.8, 4) is 0 Å². The summed E-state index contributed by atoms with van der Waals surface area (Å²) in [6.45, 7) is 4.46. The number of halogens is 2. The molecule has 0 saturated heterocycles. The summed E-state index contributed by atoms with van der Waals surface area (Å²) in [6.07, 6.45) is 3.48. The standard InChI is InChI=1S/C12H16Cl2/c1-3-5-9(2)8-10-6-4-7-11(13)12(10)14/h4,6-7,9H,3,5,8H2,1-2H3/t9-/m1/s1. The van der Waals surface area contributed by atoms with Crippen molar-refractivity contribution >= 4 is 23.2 Å². The third kappa shape index (κ3) is 3.18. The molecule has 0 radical (unpaired) electrons. The Kier molecular flexibility index (Phi) is 4.77. The van der Waals surface area contributed by atoms with Gasteiger partial charge in [-0.05, 0) is 24.0 Å². The molecule has 0 amide bonds. The Morgan fingerprint density at radius 3 is 2.64 bits per heavy atom. The van der Waals surface area contributed by atoms with Gasteiger partial charge in [0.25, 0.3) is 0 Å². The van der Waals surface area contributed by atoms with Crippen molar-refractivity contribution in [3.63, 3.8) is 0 Å². The highest BCUT2D eigenvalue weighted by atomic mass is 35.5. The third-order valence-electron chi connectivity index (χ3n) is 2.38. The van der Waals surface area contributed by atoms with Crippen LogP contribution < -0.4 is 0 Å². The first-order chi connectivity index (χ1) is 6.65. The molecule has 14 heavy (non-hydrogen) atoms. The Labute approximate surface area is 96.2 Å². The van der Waals surface area contributed by atoms with Crippen molar-refractivity contribution < 1.29 is 0 Å². The molecule has 0 saturated carbocycles. The molecular formula is C12H16Cl2. The van der Waals surface area contributed by atoms with Gasteiger partial charge in [-0.25, -0.2) is 0 Å². The number of benzene rings is 1. The average Bonchev–Trinajstić information content (AvgIpc) is 2.13. The maximum absolute atomic E-state index is 6.11. The number of hydrogen-bond acceptors (Lipinski definition) is 0. The lowest BCUT2D eigenvalue weighted by Crippen LogP contribution is -1.99. The molecule has 1 atom stereocenters. The fourth-order valence-corrected chi connectivity index (χ4v) is 2.07. The average molecular weight is 231 g/mol. The molecule has 1 rings (SSSR count). The monoisotopic (exact) mass is 230 g/mol. The van der Waals surface area contributed by atoms with E-state index in [2.05, 4.69) is 19.9 Å². The Morgan fingerprint density at radius 2 is 2.00 bits per heavy atom. The first-order valence-electron chi connectivity index (χ1n) is 5.08. The molecule has 0 spiro atoms. The van der Waals surface area contributed by atoms with Crippen LogP contribution >= 0.6 is 23.2 Å². The van der Waals surface area contributed by atoms with E-state index in [4.69, 9.17) is 23.2 Å². The van der Waals surface area contributed by atoms with Gasteiger partial charge in [0.15, 0.2) is 0 Å². The minimum Gasteiger partial charge on any atom is -0.0827 e. The largest absolute Gasteiger partial charge is 0.0827 e. The van der Waals surface area contributed by atoms with Crippen molar-refractivity contribution in [2.75, 3.05) is 0 Å². The molecule has 1 aromatic carbocycles. The van der Waals surface area contributed by atoms with Gasteiger partial charge in [-0.1, -0.05) is 62.0 Å². The van der Waals surface area contributed by atoms with E-state index in [1.165, 1.54) is 18.4 Å². The highest BCUT2D eigenvalue weighted by Crippen LogP contribution is 2.28. The van der Waals surface area contributed by atoms with E-state index in [1.807, 2.05) is 12.1 Å². The van der Waals surface area contributed by atoms with Gasteiger partial charge in [-0.15, -0.1) is 0 Å². The lowest BCUT2D eigenvalue weighted by molar-refractivity contribution is 0.522. The summed E-state index contributed by atoms with van der Waals surface area (Å²) in [6, 6.07) is 5.85. The van der Waals surface area contributed by atoms with Crippen LogP contribution in [0.25, 0.3) is 0 Å². The molecule has 0 aliphatic rings. The first-order valence-corrected chi connectivity index (χ1v) is 5.83. The van der Waals surface area contributed by atoms with Crippen molar-refractivity contribution in [3.05, 3.63) is 33.8 Å². The Morgan fingerprint density at radius 1 is 1.29 bits per heavy atom. The fraction of sp³-hybridized carbons (Fsp3) is 0.500. The van der Waals surface area contributed by atoms with Crippen LogP contribution in [0.15, 0.2) is 18.2 Å². The molecule has 0 N–H and O–H groups in total. The molecule has 0 aromatic heterocycles. The van der Waals surface area contributed by atoms with Crippen LogP contribution in [0.4, 0.5) is 0 Å². The predicted octanol–water partition coefficient (Wildman–Crippen LogP) is 4.97. The van der Waals surface area contributed by atoms with Gasteiger partial charge in [0.1, 0.15) is 0 Å². The van der Waals surface area contributed by atoms with E-state index in [0.717, 1.165) is 11.4 Å². The number of hydrogen-bond donors (Lipinski definition) is 0. The second-order valence-electron chi connectivity index (χ2n) is 3.81. The molecule has 0 bridgehead atoms. The van der Waals surface area contributed by atoms with Gasteiger partial charge in [-0.2, -0.15) is 0 Å². The van der Waals surface area contributed by atoms with Crippen LogP contribution in [0.5, 0.6) is 0 Å². The zero-order valence-electron chi connectivity index (χ0n) is 8.69. The van der Waals surface area contributed by atoms with Crippen molar-refractivity contribution in [2.45, 2.75) is 33.1 Å². The van der Waals surface area contributed by atoms with Gasteiger partial charge < -0.3 is 0 Å². The van der Waals surface area contributed by atoms with Crippen molar-refractivity contribution in [1.82, 2.24) is 0 Å². The molecule has 2 heteroatoms. The van der Waals surface area contributed by atoms with Crippen LogP contribution in [0, 0.1) is 5.92 Å². The SMILES string of the molecule is CCC[C@@H](C)Cc1cccc(Cl)c1Cl. The van der Waals surface area contributed by atoms with E-state index in [-0.39, 0.29) is 0 Å². The molecular weight excluding hydrogens is 215 g/mol. The van der Waals surface area contributed by atoms with Crippen LogP contribution in [0.2, 0.25) is 10.0 Å². The molecule has 0 nitrogen and oxygen atoms in total. The smallest absolute Gasteiger partial charge is 0.0624 e. The maximum atomic E-state index is 6.11. The lowest BCUT2D eigenvalue weighted by Gasteiger charge is -2.11. The summed E-state index contributed by atoms with van der Waals surface area (Å²) in [5.74, 6) is 0.677. The van der Waals surface area contributed by atoms with Gasteiger partial charge in [0.2, 0.25) is 0 Å². The zero-order chi connectivity index (χ0) is 10.6. The Bertz CT molecular complexity index is 294. The zero-order valence-corrected chi connectivity index (χ0v) is 10.2.